The molecule has 174 valence electrons. The predicted octanol–water partition coefficient (Wildman–Crippen LogP) is 2.16. The summed E-state index contributed by atoms with van der Waals surface area (Å²) in [5.74, 6) is -0.584. The third-order valence-corrected chi connectivity index (χ3v) is 6.97. The number of methoxy groups -OCH3 is 1. The topological polar surface area (TPSA) is 98.5 Å². The van der Waals surface area contributed by atoms with Crippen molar-refractivity contribution in [1.82, 2.24) is 9.80 Å². The lowest BCUT2D eigenvalue weighted by Crippen LogP contribution is -2.67. The van der Waals surface area contributed by atoms with E-state index in [2.05, 4.69) is 0 Å². The third-order valence-electron chi connectivity index (χ3n) is 6.97. The molecule has 0 unspecified atom stereocenters. The maximum absolute atomic E-state index is 13.9. The van der Waals surface area contributed by atoms with E-state index < -0.39 is 29.4 Å². The van der Waals surface area contributed by atoms with E-state index in [1.54, 1.807) is 50.1 Å². The van der Waals surface area contributed by atoms with Crippen molar-refractivity contribution in [3.8, 4) is 11.5 Å². The van der Waals surface area contributed by atoms with Gasteiger partial charge in [-0.2, -0.15) is 0 Å². The fraction of sp³-hybridized carbons (Fsp3) is 0.458. The monoisotopic (exact) mass is 454 g/mol. The molecule has 0 radical (unpaired) electrons. The second-order valence-electron chi connectivity index (χ2n) is 8.71. The number of hydrogen-bond donors (Lipinski definition) is 0. The van der Waals surface area contributed by atoms with E-state index in [1.807, 2.05) is 6.07 Å². The molecule has 0 spiro atoms. The first-order valence-corrected chi connectivity index (χ1v) is 11.0. The Morgan fingerprint density at radius 2 is 2.09 bits per heavy atom. The molecule has 1 aromatic carbocycles. The number of fused-ring (bicyclic) bond motifs is 5. The van der Waals surface area contributed by atoms with Gasteiger partial charge in [-0.3, -0.25) is 14.4 Å². The lowest BCUT2D eigenvalue weighted by Gasteiger charge is -2.46. The van der Waals surface area contributed by atoms with Gasteiger partial charge in [0.15, 0.2) is 0 Å². The number of benzene rings is 1. The van der Waals surface area contributed by atoms with E-state index in [1.165, 1.54) is 11.2 Å². The molecule has 3 aliphatic heterocycles. The fourth-order valence-electron chi connectivity index (χ4n) is 5.62. The minimum Gasteiger partial charge on any atom is -0.497 e. The van der Waals surface area contributed by atoms with Crippen LogP contribution in [0.2, 0.25) is 0 Å². The molecule has 5 rings (SSSR count). The Morgan fingerprint density at radius 3 is 2.79 bits per heavy atom. The normalized spacial score (nSPS) is 28.0. The second kappa shape index (κ2) is 7.83. The Balaban J connectivity index is 1.62. The number of piperazine rings is 1. The van der Waals surface area contributed by atoms with Crippen LogP contribution in [0.3, 0.4) is 0 Å². The Hall–Kier alpha value is -3.49. The fourth-order valence-corrected chi connectivity index (χ4v) is 5.62. The van der Waals surface area contributed by atoms with Crippen LogP contribution in [0.15, 0.2) is 41.0 Å². The van der Waals surface area contributed by atoms with Gasteiger partial charge < -0.3 is 28.4 Å². The number of carbonyl (C=O) groups is 3. The van der Waals surface area contributed by atoms with Crippen LogP contribution in [0, 0.1) is 11.8 Å². The number of rotatable bonds is 5. The molecule has 4 heterocycles. The Kier molecular flexibility index (Phi) is 5.07. The summed E-state index contributed by atoms with van der Waals surface area (Å²) in [5.41, 5.74) is -0.693. The molecular weight excluding hydrogens is 428 g/mol. The van der Waals surface area contributed by atoms with Gasteiger partial charge in [-0.1, -0.05) is 0 Å². The van der Waals surface area contributed by atoms with Gasteiger partial charge in [-0.25, -0.2) is 0 Å². The molecule has 33 heavy (non-hydrogen) atoms. The van der Waals surface area contributed by atoms with Gasteiger partial charge in [0.05, 0.1) is 45.1 Å². The number of nitrogens with zero attached hydrogens (tertiary/aromatic N) is 2. The molecule has 3 aliphatic rings. The lowest BCUT2D eigenvalue weighted by atomic mass is 9.77. The first kappa shape index (κ1) is 21.4. The first-order chi connectivity index (χ1) is 15.9. The molecule has 0 aliphatic carbocycles. The van der Waals surface area contributed by atoms with Gasteiger partial charge in [-0.05, 0) is 44.2 Å². The number of ether oxygens (including phenoxy) is 3. The van der Waals surface area contributed by atoms with Crippen LogP contribution in [-0.2, 0) is 25.7 Å². The van der Waals surface area contributed by atoms with Crippen molar-refractivity contribution in [2.24, 2.45) is 11.8 Å². The molecule has 2 aromatic rings. The summed E-state index contributed by atoms with van der Waals surface area (Å²) in [7, 11) is 1.56. The van der Waals surface area contributed by atoms with Crippen molar-refractivity contribution in [2.45, 2.75) is 32.0 Å². The molecular formula is C24H26N2O7. The maximum atomic E-state index is 13.9. The van der Waals surface area contributed by atoms with Crippen LogP contribution in [0.1, 0.15) is 31.2 Å². The average Bonchev–Trinajstić information content (AvgIpc) is 3.41. The van der Waals surface area contributed by atoms with Gasteiger partial charge >= 0.3 is 5.97 Å². The quantitative estimate of drug-likeness (QED) is 0.639. The highest BCUT2D eigenvalue weighted by molar-refractivity contribution is 6.02. The summed E-state index contributed by atoms with van der Waals surface area (Å²) in [5, 5.41) is 0. The minimum absolute atomic E-state index is 0.103. The Labute approximate surface area is 191 Å². The molecule has 4 atom stereocenters. The maximum Gasteiger partial charge on any atom is 0.312 e. The van der Waals surface area contributed by atoms with Crippen molar-refractivity contribution in [2.75, 3.05) is 26.9 Å². The molecule has 0 N–H and O–H groups in total. The summed E-state index contributed by atoms with van der Waals surface area (Å²) in [4.78, 5) is 43.8. The number of amides is 2. The van der Waals surface area contributed by atoms with E-state index in [0.29, 0.717) is 17.3 Å². The van der Waals surface area contributed by atoms with Crippen LogP contribution in [0.5, 0.6) is 11.5 Å². The van der Waals surface area contributed by atoms with E-state index in [0.717, 1.165) is 5.56 Å². The van der Waals surface area contributed by atoms with Gasteiger partial charge in [0.25, 0.3) is 0 Å². The highest BCUT2D eigenvalue weighted by Crippen LogP contribution is 2.57. The highest BCUT2D eigenvalue weighted by atomic mass is 16.5. The highest BCUT2D eigenvalue weighted by Gasteiger charge is 2.69. The van der Waals surface area contributed by atoms with Crippen LogP contribution < -0.4 is 9.47 Å². The van der Waals surface area contributed by atoms with Crippen molar-refractivity contribution in [3.05, 3.63) is 47.9 Å². The van der Waals surface area contributed by atoms with Gasteiger partial charge in [0.1, 0.15) is 29.3 Å². The molecule has 2 fully saturated rings. The summed E-state index contributed by atoms with van der Waals surface area (Å²) in [6.45, 7) is 3.80. The van der Waals surface area contributed by atoms with Crippen LogP contribution >= 0.6 is 0 Å². The van der Waals surface area contributed by atoms with Gasteiger partial charge in [-0.15, -0.1) is 0 Å². The zero-order valence-electron chi connectivity index (χ0n) is 18.8. The SMILES string of the molecule is CCOC(=O)[C@H]1[C@H]2COc3ccc(OC)cc3[C@@H]2N2C(=O)CN(Cc3ccco3)C(=O)[C@@]12C. The summed E-state index contributed by atoms with van der Waals surface area (Å²) < 4.78 is 22.2. The van der Waals surface area contributed by atoms with E-state index in [9.17, 15) is 14.4 Å². The number of carbonyl (C=O) groups excluding carboxylic acids is 3. The molecule has 2 saturated heterocycles. The zero-order chi connectivity index (χ0) is 23.3. The minimum atomic E-state index is -1.42. The van der Waals surface area contributed by atoms with Crippen molar-refractivity contribution in [1.29, 1.82) is 0 Å². The average molecular weight is 454 g/mol. The number of furan rings is 1. The van der Waals surface area contributed by atoms with Crippen LogP contribution in [0.25, 0.3) is 0 Å². The number of esters is 1. The standard InChI is InChI=1S/C24H26N2O7/c1-4-31-22(28)20-17-13-33-18-8-7-14(30-3)10-16(18)21(17)26-19(27)12-25(23(29)24(20,26)2)11-15-6-5-9-32-15/h5-10,17,20-21H,4,11-13H2,1-3H3/t17-,20-,21+,24-/m1/s1. The third kappa shape index (κ3) is 3.09. The largest absolute Gasteiger partial charge is 0.497 e. The molecule has 2 amide bonds. The first-order valence-electron chi connectivity index (χ1n) is 11.0. The molecule has 9 nitrogen and oxygen atoms in total. The van der Waals surface area contributed by atoms with E-state index >= 15 is 0 Å². The van der Waals surface area contributed by atoms with Crippen LogP contribution in [0.4, 0.5) is 0 Å². The van der Waals surface area contributed by atoms with Crippen LogP contribution in [-0.4, -0.2) is 60.0 Å². The Morgan fingerprint density at radius 1 is 1.27 bits per heavy atom. The Bertz CT molecular complexity index is 1100. The molecule has 9 heteroatoms. The van der Waals surface area contributed by atoms with E-state index in [4.69, 9.17) is 18.6 Å². The molecule has 0 bridgehead atoms. The lowest BCUT2D eigenvalue weighted by molar-refractivity contribution is -0.171. The molecule has 1 aromatic heterocycles. The summed E-state index contributed by atoms with van der Waals surface area (Å²) in [6, 6.07) is 8.36. The van der Waals surface area contributed by atoms with Gasteiger partial charge in [0, 0.05) is 11.5 Å². The smallest absolute Gasteiger partial charge is 0.312 e. The predicted molar refractivity (Wildman–Crippen MR) is 114 cm³/mol. The summed E-state index contributed by atoms with van der Waals surface area (Å²) >= 11 is 0. The second-order valence-corrected chi connectivity index (χ2v) is 8.71. The van der Waals surface area contributed by atoms with Gasteiger partial charge in [0.2, 0.25) is 11.8 Å². The van der Waals surface area contributed by atoms with Crippen molar-refractivity contribution >= 4 is 17.8 Å². The van der Waals surface area contributed by atoms with Crippen molar-refractivity contribution in [3.63, 3.8) is 0 Å². The molecule has 0 saturated carbocycles. The van der Waals surface area contributed by atoms with Crippen molar-refractivity contribution < 1.29 is 33.0 Å². The number of hydrogen-bond acceptors (Lipinski definition) is 7. The van der Waals surface area contributed by atoms with E-state index in [-0.39, 0.29) is 38.1 Å². The summed E-state index contributed by atoms with van der Waals surface area (Å²) in [6.07, 6.45) is 1.52. The zero-order valence-corrected chi connectivity index (χ0v) is 18.8.